The average Bonchev–Trinajstić information content (AvgIpc) is 3.89. The predicted octanol–water partition coefficient (Wildman–Crippen LogP) is 7.55. The summed E-state index contributed by atoms with van der Waals surface area (Å²) >= 11 is 0. The second-order valence-corrected chi connectivity index (χ2v) is 13.6. The van der Waals surface area contributed by atoms with Crippen LogP contribution in [0, 0.1) is 0 Å². The average molecular weight is 715 g/mol. The van der Waals surface area contributed by atoms with Gasteiger partial charge in [0.05, 0.1) is 13.2 Å². The summed E-state index contributed by atoms with van der Waals surface area (Å²) in [6.07, 6.45) is 12.0. The van der Waals surface area contributed by atoms with Crippen molar-refractivity contribution >= 4 is 35.9 Å². The second kappa shape index (κ2) is 14.5. The van der Waals surface area contributed by atoms with Crippen LogP contribution >= 0.6 is 0 Å². The molecule has 1 aliphatic carbocycles. The number of benzene rings is 4. The first-order valence-corrected chi connectivity index (χ1v) is 17.7. The Kier molecular flexibility index (Phi) is 9.60. The smallest absolute Gasteiger partial charge is 0.333 e. The van der Waals surface area contributed by atoms with E-state index in [0.29, 0.717) is 57.4 Å². The van der Waals surface area contributed by atoms with Crippen LogP contribution in [0.4, 0.5) is 0 Å². The topological polar surface area (TPSA) is 111 Å². The number of ketones is 2. The van der Waals surface area contributed by atoms with Gasteiger partial charge in [0.15, 0.2) is 11.6 Å². The molecule has 0 saturated heterocycles. The molecule has 2 unspecified atom stereocenters. The van der Waals surface area contributed by atoms with E-state index in [-0.39, 0.29) is 24.8 Å². The molecule has 2 heterocycles. The number of carbonyl (C=O) groups is 4. The maximum atomic E-state index is 14.7. The first kappa shape index (κ1) is 35.8. The molecule has 0 fully saturated rings. The number of hydrogen-bond donors (Lipinski definition) is 0. The minimum atomic E-state index is -1.09. The van der Waals surface area contributed by atoms with E-state index < -0.39 is 23.0 Å². The lowest BCUT2D eigenvalue weighted by atomic mass is 9.69. The Balaban J connectivity index is 1.31. The minimum absolute atomic E-state index is 0.214. The maximum absolute atomic E-state index is 14.7. The lowest BCUT2D eigenvalue weighted by Gasteiger charge is -2.35. The molecule has 3 aliphatic rings. The number of esters is 2. The minimum Gasteiger partial charge on any atom is -0.462 e. The summed E-state index contributed by atoms with van der Waals surface area (Å²) in [5.74, 6) is -1.38. The van der Waals surface area contributed by atoms with Gasteiger partial charge in [0.1, 0.15) is 11.1 Å². The SMILES string of the molecule is C=C(C)C(=O)OCCc1ccc(C2(c3ccc(C4(c5ccc(CCOC(=O)C(=C)C)cc5)C=CC=N4)c4c3C(=O)c3ccccc3C4=O)C=CC=N2)cc1. The first-order valence-electron chi connectivity index (χ1n) is 17.7. The number of aliphatic imine (C=N–C) groups is 2. The van der Waals surface area contributed by atoms with Gasteiger partial charge in [-0.3, -0.25) is 19.6 Å². The maximum Gasteiger partial charge on any atom is 0.333 e. The Morgan fingerprint density at radius 1 is 0.593 bits per heavy atom. The quantitative estimate of drug-likeness (QED) is 0.0975. The van der Waals surface area contributed by atoms with Gasteiger partial charge in [0, 0.05) is 58.7 Å². The van der Waals surface area contributed by atoms with E-state index in [9.17, 15) is 19.2 Å². The van der Waals surface area contributed by atoms with Crippen LogP contribution in [0.1, 0.15) is 79.1 Å². The molecule has 0 radical (unpaired) electrons. The Morgan fingerprint density at radius 2 is 0.981 bits per heavy atom. The van der Waals surface area contributed by atoms with Gasteiger partial charge in [0.2, 0.25) is 0 Å². The standard InChI is InChI=1S/C46H38N2O6/c1-29(2)43(51)53-27-21-31-11-15-33(16-12-31)45(23-7-25-47-45)37-19-20-38(40-39(37)41(49)35-9-5-6-10-36(35)42(40)50)46(24-8-26-48-46)34-17-13-32(14-18-34)22-28-54-44(52)30(3)4/h5-20,23-26H,1,3,21-22,27-28H2,2,4H3. The highest BCUT2D eigenvalue weighted by atomic mass is 16.5. The Hall–Kier alpha value is -6.54. The van der Waals surface area contributed by atoms with Gasteiger partial charge in [-0.2, -0.15) is 0 Å². The molecule has 8 nitrogen and oxygen atoms in total. The van der Waals surface area contributed by atoms with Crippen molar-refractivity contribution in [1.82, 2.24) is 0 Å². The van der Waals surface area contributed by atoms with Crippen molar-refractivity contribution in [2.45, 2.75) is 37.8 Å². The van der Waals surface area contributed by atoms with Crippen LogP contribution in [0.15, 0.2) is 144 Å². The monoisotopic (exact) mass is 714 g/mol. The van der Waals surface area contributed by atoms with Gasteiger partial charge in [-0.25, -0.2) is 9.59 Å². The summed E-state index contributed by atoms with van der Waals surface area (Å²) in [5, 5.41) is 0. The summed E-state index contributed by atoms with van der Waals surface area (Å²) in [4.78, 5) is 63.2. The number of ether oxygens (including phenoxy) is 2. The van der Waals surface area contributed by atoms with Gasteiger partial charge in [-0.05, 0) is 71.5 Å². The molecule has 2 atom stereocenters. The van der Waals surface area contributed by atoms with Crippen molar-refractivity contribution in [2.24, 2.45) is 9.98 Å². The summed E-state index contributed by atoms with van der Waals surface area (Å²) in [5.41, 5.74) is 4.48. The van der Waals surface area contributed by atoms with Crippen LogP contribution < -0.4 is 0 Å². The van der Waals surface area contributed by atoms with E-state index in [0.717, 1.165) is 22.3 Å². The van der Waals surface area contributed by atoms with Crippen LogP contribution in [0.2, 0.25) is 0 Å². The summed E-state index contributed by atoms with van der Waals surface area (Å²) in [6, 6.07) is 26.4. The number of hydrogen-bond acceptors (Lipinski definition) is 8. The van der Waals surface area contributed by atoms with Gasteiger partial charge in [-0.1, -0.05) is 98.1 Å². The summed E-state index contributed by atoms with van der Waals surface area (Å²) < 4.78 is 10.6. The van der Waals surface area contributed by atoms with Gasteiger partial charge >= 0.3 is 11.9 Å². The summed E-state index contributed by atoms with van der Waals surface area (Å²) in [6.45, 7) is 10.9. The molecule has 4 aromatic carbocycles. The van der Waals surface area contributed by atoms with Crippen LogP contribution in [-0.4, -0.2) is 49.1 Å². The lowest BCUT2D eigenvalue weighted by Crippen LogP contribution is -2.33. The molecule has 268 valence electrons. The molecule has 0 aromatic heterocycles. The fraction of sp³-hybridized carbons (Fsp3) is 0.174. The summed E-state index contributed by atoms with van der Waals surface area (Å²) in [7, 11) is 0. The number of nitrogens with zero attached hydrogens (tertiary/aromatic N) is 2. The van der Waals surface area contributed by atoms with E-state index in [1.807, 2.05) is 85.0 Å². The molecule has 4 aromatic rings. The Labute approximate surface area is 314 Å². The molecule has 0 N–H and O–H groups in total. The van der Waals surface area contributed by atoms with Crippen molar-refractivity contribution in [2.75, 3.05) is 13.2 Å². The third-order valence-electron chi connectivity index (χ3n) is 10.0. The highest BCUT2D eigenvalue weighted by Crippen LogP contribution is 2.48. The normalized spacial score (nSPS) is 19.1. The number of fused-ring (bicyclic) bond motifs is 2. The van der Waals surface area contributed by atoms with Crippen LogP contribution in [0.5, 0.6) is 0 Å². The lowest BCUT2D eigenvalue weighted by molar-refractivity contribution is -0.139. The van der Waals surface area contributed by atoms with E-state index in [4.69, 9.17) is 19.5 Å². The van der Waals surface area contributed by atoms with Crippen molar-refractivity contribution in [3.05, 3.63) is 189 Å². The van der Waals surface area contributed by atoms with Crippen molar-refractivity contribution in [3.8, 4) is 0 Å². The van der Waals surface area contributed by atoms with E-state index in [2.05, 4.69) is 13.2 Å². The highest BCUT2D eigenvalue weighted by Gasteiger charge is 2.45. The fourth-order valence-corrected chi connectivity index (χ4v) is 7.22. The van der Waals surface area contributed by atoms with E-state index >= 15 is 0 Å². The molecular formula is C46H38N2O6. The number of carbonyl (C=O) groups excluding carboxylic acids is 4. The van der Waals surface area contributed by atoms with E-state index in [1.54, 1.807) is 50.5 Å². The van der Waals surface area contributed by atoms with Gasteiger partial charge in [-0.15, -0.1) is 0 Å². The Bertz CT molecular complexity index is 2170. The molecule has 0 saturated carbocycles. The fourth-order valence-electron chi connectivity index (χ4n) is 7.22. The largest absolute Gasteiger partial charge is 0.462 e. The van der Waals surface area contributed by atoms with Crippen molar-refractivity contribution in [1.29, 1.82) is 0 Å². The van der Waals surface area contributed by atoms with E-state index in [1.165, 1.54) is 0 Å². The first-order chi connectivity index (χ1) is 26.1. The molecule has 0 bridgehead atoms. The molecule has 8 heteroatoms. The zero-order valence-corrected chi connectivity index (χ0v) is 30.1. The van der Waals surface area contributed by atoms with Crippen molar-refractivity contribution in [3.63, 3.8) is 0 Å². The van der Waals surface area contributed by atoms with Crippen LogP contribution in [0.3, 0.4) is 0 Å². The molecule has 0 spiro atoms. The molecule has 0 amide bonds. The molecule has 54 heavy (non-hydrogen) atoms. The molecule has 2 aliphatic heterocycles. The predicted molar refractivity (Wildman–Crippen MR) is 208 cm³/mol. The second-order valence-electron chi connectivity index (χ2n) is 13.6. The third kappa shape index (κ3) is 6.30. The number of rotatable bonds is 12. The zero-order valence-electron chi connectivity index (χ0n) is 30.1. The zero-order chi connectivity index (χ0) is 38.0. The van der Waals surface area contributed by atoms with Crippen LogP contribution in [0.25, 0.3) is 0 Å². The van der Waals surface area contributed by atoms with Crippen LogP contribution in [-0.2, 0) is 43.0 Å². The number of allylic oxidation sites excluding steroid dienone is 2. The third-order valence-corrected chi connectivity index (χ3v) is 10.0. The Morgan fingerprint density at radius 3 is 1.31 bits per heavy atom. The van der Waals surface area contributed by atoms with Gasteiger partial charge < -0.3 is 9.47 Å². The molecule has 7 rings (SSSR count). The highest BCUT2D eigenvalue weighted by molar-refractivity contribution is 6.29. The van der Waals surface area contributed by atoms with Gasteiger partial charge in [0.25, 0.3) is 0 Å². The van der Waals surface area contributed by atoms with Crippen molar-refractivity contribution < 1.29 is 28.7 Å². The molecular weight excluding hydrogens is 677 g/mol.